The number of fused-ring (bicyclic) bond motifs is 1. The van der Waals surface area contributed by atoms with Gasteiger partial charge in [0, 0.05) is 32.1 Å². The topological polar surface area (TPSA) is 90.0 Å². The molecular formula is C32H36N4O4. The molecular weight excluding hydrogens is 504 g/mol. The molecule has 0 radical (unpaired) electrons. The molecule has 208 valence electrons. The Morgan fingerprint density at radius 2 is 1.40 bits per heavy atom. The molecule has 8 nitrogen and oxygen atoms in total. The van der Waals surface area contributed by atoms with E-state index in [2.05, 4.69) is 5.32 Å². The number of para-hydroxylation sites is 1. The van der Waals surface area contributed by atoms with E-state index in [1.807, 2.05) is 48.6 Å². The van der Waals surface area contributed by atoms with Crippen molar-refractivity contribution in [2.75, 3.05) is 31.1 Å². The summed E-state index contributed by atoms with van der Waals surface area (Å²) in [7, 11) is 0. The quantitative estimate of drug-likeness (QED) is 0.589. The van der Waals surface area contributed by atoms with Crippen LogP contribution in [0.5, 0.6) is 0 Å². The van der Waals surface area contributed by atoms with Crippen molar-refractivity contribution in [3.05, 3.63) is 72.3 Å². The Morgan fingerprint density at radius 3 is 2.08 bits per heavy atom. The van der Waals surface area contributed by atoms with Crippen molar-refractivity contribution in [3.8, 4) is 0 Å². The molecule has 3 heterocycles. The summed E-state index contributed by atoms with van der Waals surface area (Å²) in [5.74, 6) is -3.02. The molecule has 0 aromatic heterocycles. The second-order valence-electron chi connectivity index (χ2n) is 11.3. The molecule has 1 N–H and O–H groups in total. The predicted molar refractivity (Wildman–Crippen MR) is 152 cm³/mol. The van der Waals surface area contributed by atoms with Crippen molar-refractivity contribution in [2.24, 2.45) is 17.8 Å². The first-order chi connectivity index (χ1) is 19.6. The number of benzene rings is 2. The van der Waals surface area contributed by atoms with Crippen LogP contribution < -0.4 is 10.2 Å². The lowest BCUT2D eigenvalue weighted by Gasteiger charge is -2.38. The molecule has 0 bridgehead atoms. The Bertz CT molecular complexity index is 1280. The Morgan fingerprint density at radius 1 is 0.775 bits per heavy atom. The molecule has 40 heavy (non-hydrogen) atoms. The van der Waals surface area contributed by atoms with Gasteiger partial charge in [0.15, 0.2) is 0 Å². The number of imide groups is 1. The summed E-state index contributed by atoms with van der Waals surface area (Å²) in [6, 6.07) is 16.9. The summed E-state index contributed by atoms with van der Waals surface area (Å²) in [5, 5.41) is 3.27. The van der Waals surface area contributed by atoms with Gasteiger partial charge in [0.1, 0.15) is 6.04 Å². The first kappa shape index (κ1) is 26.4. The normalized spacial score (nSPS) is 27.4. The average Bonchev–Trinajstić information content (AvgIpc) is 3.48. The maximum Gasteiger partial charge on any atom is 0.246 e. The highest BCUT2D eigenvalue weighted by atomic mass is 16.2. The number of anilines is 1. The minimum atomic E-state index is -1.01. The van der Waals surface area contributed by atoms with Gasteiger partial charge in [-0.05, 0) is 30.5 Å². The zero-order valence-electron chi connectivity index (χ0n) is 22.7. The van der Waals surface area contributed by atoms with Crippen LogP contribution in [-0.4, -0.2) is 71.7 Å². The smallest absolute Gasteiger partial charge is 0.246 e. The molecule has 3 saturated heterocycles. The van der Waals surface area contributed by atoms with Gasteiger partial charge in [-0.2, -0.15) is 0 Å². The molecule has 1 saturated carbocycles. The Balaban J connectivity index is 1.45. The number of hydrogen-bond donors (Lipinski definition) is 1. The fraction of sp³-hybridized carbons (Fsp3) is 0.438. The van der Waals surface area contributed by atoms with Gasteiger partial charge in [-0.25, -0.2) is 4.90 Å². The fourth-order valence-corrected chi connectivity index (χ4v) is 6.94. The van der Waals surface area contributed by atoms with Crippen molar-refractivity contribution in [1.82, 2.24) is 15.1 Å². The van der Waals surface area contributed by atoms with E-state index in [9.17, 15) is 19.2 Å². The third-order valence-electron chi connectivity index (χ3n) is 8.92. The van der Waals surface area contributed by atoms with Gasteiger partial charge in [-0.1, -0.05) is 79.9 Å². The van der Waals surface area contributed by atoms with Crippen LogP contribution in [-0.2, 0) is 19.2 Å². The van der Waals surface area contributed by atoms with E-state index in [4.69, 9.17) is 0 Å². The van der Waals surface area contributed by atoms with Crippen LogP contribution in [0.1, 0.15) is 37.7 Å². The Hall–Kier alpha value is -3.78. The number of amides is 4. The van der Waals surface area contributed by atoms with Gasteiger partial charge in [-0.15, -0.1) is 0 Å². The van der Waals surface area contributed by atoms with E-state index in [-0.39, 0.29) is 23.6 Å². The average molecular weight is 541 g/mol. The summed E-state index contributed by atoms with van der Waals surface area (Å²) >= 11 is 0. The summed E-state index contributed by atoms with van der Waals surface area (Å²) in [6.45, 7) is 2.33. The van der Waals surface area contributed by atoms with Crippen molar-refractivity contribution in [1.29, 1.82) is 0 Å². The third kappa shape index (κ3) is 4.74. The summed E-state index contributed by atoms with van der Waals surface area (Å²) < 4.78 is 0. The van der Waals surface area contributed by atoms with Gasteiger partial charge in [0.2, 0.25) is 23.6 Å². The highest BCUT2D eigenvalue weighted by Gasteiger charge is 2.65. The van der Waals surface area contributed by atoms with Crippen LogP contribution in [0.4, 0.5) is 5.69 Å². The first-order valence-corrected chi connectivity index (χ1v) is 14.5. The van der Waals surface area contributed by atoms with Gasteiger partial charge in [0.25, 0.3) is 0 Å². The molecule has 2 aromatic rings. The van der Waals surface area contributed by atoms with Gasteiger partial charge in [0.05, 0.1) is 23.6 Å². The number of rotatable bonds is 5. The van der Waals surface area contributed by atoms with E-state index in [1.54, 1.807) is 34.1 Å². The second-order valence-corrected chi connectivity index (χ2v) is 11.3. The van der Waals surface area contributed by atoms with E-state index < -0.39 is 29.8 Å². The number of carbonyl (C=O) groups excluding carboxylic acids is 4. The summed E-state index contributed by atoms with van der Waals surface area (Å²) in [5.41, 5.74) is 1.42. The SMILES string of the molecule is O=C(C1C2C(=O)N(c3ccccc3)C(=O)C2C(C=Cc2ccccc2)N1C(=O)C1CCCCC1)N1CCNCC1. The van der Waals surface area contributed by atoms with Crippen LogP contribution in [0.15, 0.2) is 66.7 Å². The molecule has 1 aliphatic carbocycles. The summed E-state index contributed by atoms with van der Waals surface area (Å²) in [4.78, 5) is 61.4. The van der Waals surface area contributed by atoms with Gasteiger partial charge >= 0.3 is 0 Å². The van der Waals surface area contributed by atoms with Crippen molar-refractivity contribution < 1.29 is 19.2 Å². The fourth-order valence-electron chi connectivity index (χ4n) is 6.94. The van der Waals surface area contributed by atoms with Crippen molar-refractivity contribution in [3.63, 3.8) is 0 Å². The van der Waals surface area contributed by atoms with Gasteiger partial charge < -0.3 is 15.1 Å². The number of carbonyl (C=O) groups is 4. The second kappa shape index (κ2) is 11.4. The molecule has 2 aromatic carbocycles. The highest BCUT2D eigenvalue weighted by Crippen LogP contribution is 2.46. The Kier molecular flexibility index (Phi) is 7.52. The molecule has 6 rings (SSSR count). The lowest BCUT2D eigenvalue weighted by Crippen LogP contribution is -2.58. The number of nitrogens with one attached hydrogen (secondary N) is 1. The lowest BCUT2D eigenvalue weighted by atomic mass is 9.87. The minimum absolute atomic E-state index is 0.0999. The number of nitrogens with zero attached hydrogens (tertiary/aromatic N) is 3. The minimum Gasteiger partial charge on any atom is -0.338 e. The molecule has 8 heteroatoms. The summed E-state index contributed by atoms with van der Waals surface area (Å²) in [6.07, 6.45) is 8.36. The monoisotopic (exact) mass is 540 g/mol. The molecule has 4 fully saturated rings. The standard InChI is InChI=1S/C32H36N4O4/c37-29(23-12-6-2-7-13-23)36-25(17-16-22-10-4-1-5-11-22)26-27(28(36)32(40)34-20-18-33-19-21-34)31(39)35(30(26)38)24-14-8-3-9-15-24/h1,3-5,8-11,14-17,23,25-28,33H,2,6-7,12-13,18-21H2. The van der Waals surface area contributed by atoms with Crippen LogP contribution in [0, 0.1) is 17.8 Å². The largest absolute Gasteiger partial charge is 0.338 e. The van der Waals surface area contributed by atoms with Crippen LogP contribution >= 0.6 is 0 Å². The molecule has 4 unspecified atom stereocenters. The molecule has 4 aliphatic rings. The van der Waals surface area contributed by atoms with E-state index in [0.29, 0.717) is 31.9 Å². The van der Waals surface area contributed by atoms with Gasteiger partial charge in [-0.3, -0.25) is 19.2 Å². The van der Waals surface area contributed by atoms with Crippen molar-refractivity contribution >= 4 is 35.4 Å². The van der Waals surface area contributed by atoms with E-state index in [1.165, 1.54) is 4.90 Å². The number of likely N-dealkylation sites (tertiary alicyclic amines) is 1. The molecule has 3 aliphatic heterocycles. The maximum absolute atomic E-state index is 14.3. The number of piperazine rings is 1. The zero-order valence-corrected chi connectivity index (χ0v) is 22.7. The number of hydrogen-bond acceptors (Lipinski definition) is 5. The maximum atomic E-state index is 14.3. The highest BCUT2D eigenvalue weighted by molar-refractivity contribution is 6.24. The lowest BCUT2D eigenvalue weighted by molar-refractivity contribution is -0.150. The van der Waals surface area contributed by atoms with Crippen LogP contribution in [0.3, 0.4) is 0 Å². The van der Waals surface area contributed by atoms with Crippen LogP contribution in [0.25, 0.3) is 6.08 Å². The molecule has 4 amide bonds. The third-order valence-corrected chi connectivity index (χ3v) is 8.92. The van der Waals surface area contributed by atoms with Crippen LogP contribution in [0.2, 0.25) is 0 Å². The Labute approximate surface area is 235 Å². The van der Waals surface area contributed by atoms with E-state index in [0.717, 1.165) is 37.7 Å². The predicted octanol–water partition coefficient (Wildman–Crippen LogP) is 3.10. The zero-order chi connectivity index (χ0) is 27.6. The molecule has 0 spiro atoms. The van der Waals surface area contributed by atoms with Crippen molar-refractivity contribution in [2.45, 2.75) is 44.2 Å². The molecule has 4 atom stereocenters. The van der Waals surface area contributed by atoms with E-state index >= 15 is 0 Å². The first-order valence-electron chi connectivity index (χ1n) is 14.5.